The predicted octanol–water partition coefficient (Wildman–Crippen LogP) is 2.98. The highest BCUT2D eigenvalue weighted by atomic mass is 16.5. The van der Waals surface area contributed by atoms with Crippen molar-refractivity contribution in [2.24, 2.45) is 7.05 Å². The molecule has 1 aromatic heterocycles. The molecule has 0 radical (unpaired) electrons. The molecule has 0 atom stereocenters. The van der Waals surface area contributed by atoms with E-state index in [1.807, 2.05) is 19.2 Å². The van der Waals surface area contributed by atoms with Crippen LogP contribution in [0.25, 0.3) is 11.3 Å². The number of anilines is 1. The van der Waals surface area contributed by atoms with E-state index in [2.05, 4.69) is 38.0 Å². The fourth-order valence-corrected chi connectivity index (χ4v) is 2.12. The van der Waals surface area contributed by atoms with Crippen LogP contribution in [0.4, 0.5) is 5.82 Å². The van der Waals surface area contributed by atoms with Gasteiger partial charge in [0.15, 0.2) is 0 Å². The fraction of sp³-hybridized carbons (Fsp3) is 0.400. The Morgan fingerprint density at radius 1 is 1.21 bits per heavy atom. The van der Waals surface area contributed by atoms with Crippen molar-refractivity contribution in [3.8, 4) is 17.0 Å². The Morgan fingerprint density at radius 3 is 2.37 bits per heavy atom. The van der Waals surface area contributed by atoms with Crippen LogP contribution in [-0.4, -0.2) is 16.9 Å². The van der Waals surface area contributed by atoms with Gasteiger partial charge < -0.3 is 10.5 Å². The van der Waals surface area contributed by atoms with Gasteiger partial charge in [0, 0.05) is 18.7 Å². The molecular formula is C15H21N3O. The van der Waals surface area contributed by atoms with Crippen LogP contribution in [0.1, 0.15) is 26.3 Å². The molecule has 4 nitrogen and oxygen atoms in total. The van der Waals surface area contributed by atoms with E-state index in [4.69, 9.17) is 10.5 Å². The minimum atomic E-state index is 0.0885. The molecule has 0 amide bonds. The van der Waals surface area contributed by atoms with Gasteiger partial charge in [-0.1, -0.05) is 26.8 Å². The first kappa shape index (κ1) is 13.5. The minimum Gasteiger partial charge on any atom is -0.496 e. The molecule has 0 unspecified atom stereocenters. The average molecular weight is 259 g/mol. The summed E-state index contributed by atoms with van der Waals surface area (Å²) in [7, 11) is 3.56. The van der Waals surface area contributed by atoms with E-state index in [0.29, 0.717) is 5.82 Å². The summed E-state index contributed by atoms with van der Waals surface area (Å²) in [5.74, 6) is 1.34. The number of ether oxygens (including phenoxy) is 1. The quantitative estimate of drug-likeness (QED) is 0.902. The van der Waals surface area contributed by atoms with E-state index >= 15 is 0 Å². The van der Waals surface area contributed by atoms with Crippen molar-refractivity contribution >= 4 is 5.82 Å². The first-order chi connectivity index (χ1) is 8.82. The second-order valence-corrected chi connectivity index (χ2v) is 5.74. The number of aromatic nitrogens is 2. The fourth-order valence-electron chi connectivity index (χ4n) is 2.12. The summed E-state index contributed by atoms with van der Waals surface area (Å²) in [5, 5.41) is 4.19. The van der Waals surface area contributed by atoms with Gasteiger partial charge in [-0.2, -0.15) is 5.10 Å². The van der Waals surface area contributed by atoms with Crippen LogP contribution in [-0.2, 0) is 12.5 Å². The van der Waals surface area contributed by atoms with Crippen molar-refractivity contribution in [2.75, 3.05) is 12.8 Å². The zero-order valence-corrected chi connectivity index (χ0v) is 12.2. The van der Waals surface area contributed by atoms with Gasteiger partial charge in [-0.15, -0.1) is 0 Å². The second kappa shape index (κ2) is 4.61. The van der Waals surface area contributed by atoms with Gasteiger partial charge in [-0.25, -0.2) is 0 Å². The van der Waals surface area contributed by atoms with Crippen LogP contribution in [0.15, 0.2) is 24.3 Å². The molecule has 2 rings (SSSR count). The predicted molar refractivity (Wildman–Crippen MR) is 78.3 cm³/mol. The summed E-state index contributed by atoms with van der Waals surface area (Å²) in [6.45, 7) is 6.57. The summed E-state index contributed by atoms with van der Waals surface area (Å²) >= 11 is 0. The van der Waals surface area contributed by atoms with E-state index in [0.717, 1.165) is 17.0 Å². The molecule has 102 valence electrons. The number of methoxy groups -OCH3 is 1. The lowest BCUT2D eigenvalue weighted by Gasteiger charge is -2.21. The highest BCUT2D eigenvalue weighted by molar-refractivity contribution is 5.70. The lowest BCUT2D eigenvalue weighted by atomic mass is 9.85. The Bertz CT molecular complexity index is 594. The molecule has 1 aromatic carbocycles. The smallest absolute Gasteiger partial charge is 0.146 e. The summed E-state index contributed by atoms with van der Waals surface area (Å²) in [4.78, 5) is 0. The van der Waals surface area contributed by atoms with Crippen molar-refractivity contribution in [2.45, 2.75) is 26.2 Å². The molecule has 2 N–H and O–H groups in total. The Kier molecular flexibility index (Phi) is 3.27. The zero-order chi connectivity index (χ0) is 14.2. The highest BCUT2D eigenvalue weighted by Crippen LogP contribution is 2.35. The van der Waals surface area contributed by atoms with Crippen molar-refractivity contribution in [3.05, 3.63) is 29.8 Å². The molecule has 1 heterocycles. The maximum atomic E-state index is 5.76. The van der Waals surface area contributed by atoms with E-state index < -0.39 is 0 Å². The summed E-state index contributed by atoms with van der Waals surface area (Å²) in [6.07, 6.45) is 0. The van der Waals surface area contributed by atoms with Gasteiger partial charge in [0.2, 0.25) is 0 Å². The largest absolute Gasteiger partial charge is 0.496 e. The van der Waals surface area contributed by atoms with Gasteiger partial charge >= 0.3 is 0 Å². The van der Waals surface area contributed by atoms with E-state index in [9.17, 15) is 0 Å². The van der Waals surface area contributed by atoms with E-state index in [-0.39, 0.29) is 5.41 Å². The van der Waals surface area contributed by atoms with Crippen LogP contribution in [0, 0.1) is 0 Å². The monoisotopic (exact) mass is 259 g/mol. The zero-order valence-electron chi connectivity index (χ0n) is 12.2. The number of benzene rings is 1. The molecule has 4 heteroatoms. The normalized spacial score (nSPS) is 11.6. The third-order valence-corrected chi connectivity index (χ3v) is 3.24. The van der Waals surface area contributed by atoms with Crippen molar-refractivity contribution < 1.29 is 4.74 Å². The van der Waals surface area contributed by atoms with Crippen LogP contribution in [0.5, 0.6) is 5.75 Å². The number of nitrogens with two attached hydrogens (primary N) is 1. The maximum absolute atomic E-state index is 5.76. The van der Waals surface area contributed by atoms with Crippen LogP contribution in [0.3, 0.4) is 0 Å². The van der Waals surface area contributed by atoms with Crippen molar-refractivity contribution in [3.63, 3.8) is 0 Å². The standard InChI is InChI=1S/C15H21N3O/c1-15(2,3)10-6-7-13(19-5)11(8-10)12-9-14(16)17-18(12)4/h6-9H,1-5H3,(H2,16,17). The number of nitrogens with zero attached hydrogens (tertiary/aromatic N) is 2. The Labute approximate surface area is 114 Å². The highest BCUT2D eigenvalue weighted by Gasteiger charge is 2.18. The van der Waals surface area contributed by atoms with Gasteiger partial charge in [0.1, 0.15) is 11.6 Å². The summed E-state index contributed by atoms with van der Waals surface area (Å²) in [5.41, 5.74) is 9.07. The van der Waals surface area contributed by atoms with Crippen LogP contribution < -0.4 is 10.5 Å². The maximum Gasteiger partial charge on any atom is 0.146 e. The molecule has 0 saturated heterocycles. The molecule has 0 aliphatic carbocycles. The lowest BCUT2D eigenvalue weighted by molar-refractivity contribution is 0.415. The molecule has 0 saturated carbocycles. The number of rotatable bonds is 2. The molecular weight excluding hydrogens is 238 g/mol. The topological polar surface area (TPSA) is 53.1 Å². The van der Waals surface area contributed by atoms with Crippen molar-refractivity contribution in [1.82, 2.24) is 9.78 Å². The van der Waals surface area contributed by atoms with Crippen LogP contribution in [0.2, 0.25) is 0 Å². The number of aryl methyl sites for hydroxylation is 1. The van der Waals surface area contributed by atoms with E-state index in [1.165, 1.54) is 5.56 Å². The van der Waals surface area contributed by atoms with Gasteiger partial charge in [-0.05, 0) is 23.1 Å². The third kappa shape index (κ3) is 2.57. The molecule has 2 aromatic rings. The second-order valence-electron chi connectivity index (χ2n) is 5.74. The summed E-state index contributed by atoms with van der Waals surface area (Å²) in [6, 6.07) is 8.11. The summed E-state index contributed by atoms with van der Waals surface area (Å²) < 4.78 is 7.23. The lowest BCUT2D eigenvalue weighted by Crippen LogP contribution is -2.11. The number of nitrogen functional groups attached to an aromatic ring is 1. The SMILES string of the molecule is COc1ccc(C(C)(C)C)cc1-c1cc(N)nn1C. The Hall–Kier alpha value is -1.97. The third-order valence-electron chi connectivity index (χ3n) is 3.24. The van der Waals surface area contributed by atoms with Gasteiger partial charge in [0.05, 0.1) is 12.8 Å². The Morgan fingerprint density at radius 2 is 1.89 bits per heavy atom. The van der Waals surface area contributed by atoms with E-state index in [1.54, 1.807) is 11.8 Å². The van der Waals surface area contributed by atoms with Gasteiger partial charge in [0.25, 0.3) is 0 Å². The number of hydrogen-bond donors (Lipinski definition) is 1. The molecule has 0 bridgehead atoms. The molecule has 0 aliphatic heterocycles. The number of hydrogen-bond acceptors (Lipinski definition) is 3. The van der Waals surface area contributed by atoms with Gasteiger partial charge in [-0.3, -0.25) is 4.68 Å². The first-order valence-corrected chi connectivity index (χ1v) is 6.31. The minimum absolute atomic E-state index is 0.0885. The first-order valence-electron chi connectivity index (χ1n) is 6.31. The average Bonchev–Trinajstić information content (AvgIpc) is 2.66. The molecule has 0 spiro atoms. The molecule has 0 fully saturated rings. The molecule has 0 aliphatic rings. The van der Waals surface area contributed by atoms with Crippen molar-refractivity contribution in [1.29, 1.82) is 0 Å². The molecule has 19 heavy (non-hydrogen) atoms. The Balaban J connectivity index is 2.63. The van der Waals surface area contributed by atoms with Crippen LogP contribution >= 0.6 is 0 Å².